The van der Waals surface area contributed by atoms with Crippen molar-refractivity contribution in [3.8, 4) is 0 Å². The normalized spacial score (nSPS) is 14.5. The maximum atomic E-state index is 7.15. The maximum absolute atomic E-state index is 7.15. The van der Waals surface area contributed by atoms with Gasteiger partial charge in [0.05, 0.1) is 27.3 Å². The molecule has 4 heteroatoms. The molecular formula is C42H29ClN2O. The lowest BCUT2D eigenvalue weighted by atomic mass is 9.96. The van der Waals surface area contributed by atoms with Gasteiger partial charge in [-0.2, -0.15) is 0 Å². The van der Waals surface area contributed by atoms with Crippen LogP contribution in [0, 0.1) is 0 Å². The van der Waals surface area contributed by atoms with Gasteiger partial charge in [0, 0.05) is 43.7 Å². The molecule has 9 aromatic rings. The summed E-state index contributed by atoms with van der Waals surface area (Å²) in [5.41, 5.74) is 15.1. The molecule has 0 radical (unpaired) electrons. The van der Waals surface area contributed by atoms with Crippen molar-refractivity contribution in [2.45, 2.75) is 38.5 Å². The molecule has 0 fully saturated rings. The zero-order valence-corrected chi connectivity index (χ0v) is 26.0. The van der Waals surface area contributed by atoms with E-state index >= 15 is 0 Å². The summed E-state index contributed by atoms with van der Waals surface area (Å²) in [6.45, 7) is 0. The van der Waals surface area contributed by atoms with E-state index in [4.69, 9.17) is 16.0 Å². The molecule has 0 N–H and O–H groups in total. The first-order valence-corrected chi connectivity index (χ1v) is 16.8. The van der Waals surface area contributed by atoms with Gasteiger partial charge in [-0.15, -0.1) is 0 Å². The quantitative estimate of drug-likeness (QED) is 0.198. The van der Waals surface area contributed by atoms with Crippen LogP contribution in [0.3, 0.4) is 0 Å². The summed E-state index contributed by atoms with van der Waals surface area (Å²) in [6, 6.07) is 37.8. The van der Waals surface area contributed by atoms with Crippen molar-refractivity contribution >= 4 is 88.7 Å². The molecular weight excluding hydrogens is 584 g/mol. The zero-order chi connectivity index (χ0) is 30.1. The third-order valence-corrected chi connectivity index (χ3v) is 11.1. The maximum Gasteiger partial charge on any atom is 0.154 e. The number of furan rings is 1. The summed E-state index contributed by atoms with van der Waals surface area (Å²) in [6.07, 6.45) is 6.93. The van der Waals surface area contributed by atoms with Crippen LogP contribution >= 0.6 is 11.6 Å². The molecule has 3 heterocycles. The van der Waals surface area contributed by atoms with Crippen LogP contribution in [0.5, 0.6) is 0 Å². The number of hydrogen-bond acceptors (Lipinski definition) is 2. The van der Waals surface area contributed by atoms with Crippen molar-refractivity contribution in [1.82, 2.24) is 4.40 Å². The van der Waals surface area contributed by atoms with Gasteiger partial charge in [0.1, 0.15) is 5.58 Å². The van der Waals surface area contributed by atoms with Crippen molar-refractivity contribution in [2.24, 2.45) is 0 Å². The Kier molecular flexibility index (Phi) is 4.97. The van der Waals surface area contributed by atoms with Crippen LogP contribution in [0.25, 0.3) is 60.0 Å². The van der Waals surface area contributed by atoms with E-state index in [-0.39, 0.29) is 0 Å². The Bertz CT molecular complexity index is 2610. The summed E-state index contributed by atoms with van der Waals surface area (Å²) in [4.78, 5) is 2.56. The number of aryl methyl sites for hydroxylation is 2. The summed E-state index contributed by atoms with van der Waals surface area (Å²) in [7, 11) is 0. The molecule has 0 aliphatic heterocycles. The van der Waals surface area contributed by atoms with Crippen LogP contribution in [0.2, 0.25) is 5.02 Å². The van der Waals surface area contributed by atoms with Gasteiger partial charge in [0.2, 0.25) is 0 Å². The Hall–Kier alpha value is -4.99. The molecule has 3 aromatic heterocycles. The topological polar surface area (TPSA) is 20.8 Å². The highest BCUT2D eigenvalue weighted by molar-refractivity contribution is 6.36. The third-order valence-electron chi connectivity index (χ3n) is 10.8. The van der Waals surface area contributed by atoms with E-state index in [1.54, 1.807) is 0 Å². The SMILES string of the molecule is Clc1cc(N(c2cc3c4ccccc4n4c5ccccc5c(c2)c34)c2c3c(cc4c2CCC4)CCC3)cc2c1oc1ccccc12. The first-order valence-electron chi connectivity index (χ1n) is 16.5. The number of hydrogen-bond donors (Lipinski definition) is 0. The number of anilines is 3. The standard InChI is InChI=1S/C42H29ClN2O/c43-36-23-27(22-35-32-13-3-6-18-39(32)46-42(35)36)44(40-28-14-7-9-24(28)19-25-10-8-15-29(25)40)26-20-33-30-11-1-4-16-37(30)45-38-17-5-2-12-31(38)34(21-26)41(33)45/h1-6,11-13,16-23H,7-10,14-15H2. The van der Waals surface area contributed by atoms with E-state index in [0.29, 0.717) is 5.02 Å². The Morgan fingerprint density at radius 3 is 1.80 bits per heavy atom. The Morgan fingerprint density at radius 2 is 1.13 bits per heavy atom. The van der Waals surface area contributed by atoms with Crippen molar-refractivity contribution in [3.05, 3.63) is 130 Å². The molecule has 0 unspecified atom stereocenters. The fourth-order valence-corrected chi connectivity index (χ4v) is 9.18. The first-order chi connectivity index (χ1) is 22.7. The first kappa shape index (κ1) is 25.2. The summed E-state index contributed by atoms with van der Waals surface area (Å²) >= 11 is 7.15. The smallest absolute Gasteiger partial charge is 0.154 e. The minimum Gasteiger partial charge on any atom is -0.454 e. The van der Waals surface area contributed by atoms with E-state index in [1.807, 2.05) is 12.1 Å². The minimum absolute atomic E-state index is 0.644. The van der Waals surface area contributed by atoms with Crippen LogP contribution in [0.4, 0.5) is 17.1 Å². The van der Waals surface area contributed by atoms with Gasteiger partial charge in [-0.05, 0) is 103 Å². The van der Waals surface area contributed by atoms with Gasteiger partial charge >= 0.3 is 0 Å². The molecule has 0 atom stereocenters. The van der Waals surface area contributed by atoms with E-state index < -0.39 is 0 Å². The zero-order valence-electron chi connectivity index (χ0n) is 25.2. The Balaban J connectivity index is 1.30. The average Bonchev–Trinajstić information content (AvgIpc) is 3.92. The number of rotatable bonds is 3. The molecule has 0 saturated carbocycles. The Labute approximate surface area is 270 Å². The summed E-state index contributed by atoms with van der Waals surface area (Å²) < 4.78 is 8.76. The van der Waals surface area contributed by atoms with E-state index in [9.17, 15) is 0 Å². The predicted octanol–water partition coefficient (Wildman–Crippen LogP) is 11.8. The fraction of sp³-hybridized carbons (Fsp3) is 0.143. The van der Waals surface area contributed by atoms with Crippen molar-refractivity contribution in [3.63, 3.8) is 0 Å². The second-order valence-electron chi connectivity index (χ2n) is 13.2. The van der Waals surface area contributed by atoms with Gasteiger partial charge in [0.25, 0.3) is 0 Å². The van der Waals surface area contributed by atoms with Gasteiger partial charge < -0.3 is 13.7 Å². The van der Waals surface area contributed by atoms with E-state index in [0.717, 1.165) is 53.3 Å². The van der Waals surface area contributed by atoms with Gasteiger partial charge in [-0.1, -0.05) is 72.3 Å². The van der Waals surface area contributed by atoms with Crippen molar-refractivity contribution in [2.75, 3.05) is 4.90 Å². The lowest BCUT2D eigenvalue weighted by Crippen LogP contribution is -2.15. The van der Waals surface area contributed by atoms with Crippen molar-refractivity contribution < 1.29 is 4.42 Å². The second-order valence-corrected chi connectivity index (χ2v) is 13.6. The number of benzene rings is 6. The molecule has 46 heavy (non-hydrogen) atoms. The minimum atomic E-state index is 0.644. The molecule has 3 nitrogen and oxygen atoms in total. The summed E-state index contributed by atoms with van der Waals surface area (Å²) in [5.74, 6) is 0. The van der Waals surface area contributed by atoms with Crippen LogP contribution in [0.1, 0.15) is 35.1 Å². The number of aromatic nitrogens is 1. The highest BCUT2D eigenvalue weighted by Crippen LogP contribution is 2.50. The highest BCUT2D eigenvalue weighted by Gasteiger charge is 2.30. The monoisotopic (exact) mass is 612 g/mol. The van der Waals surface area contributed by atoms with Crippen LogP contribution in [-0.4, -0.2) is 4.40 Å². The van der Waals surface area contributed by atoms with Gasteiger partial charge in [-0.25, -0.2) is 0 Å². The molecule has 11 rings (SSSR count). The molecule has 2 aliphatic rings. The Morgan fingerprint density at radius 1 is 0.565 bits per heavy atom. The van der Waals surface area contributed by atoms with Gasteiger partial charge in [0.15, 0.2) is 5.58 Å². The van der Waals surface area contributed by atoms with Crippen molar-refractivity contribution in [1.29, 1.82) is 0 Å². The van der Waals surface area contributed by atoms with E-state index in [1.165, 1.54) is 84.6 Å². The van der Waals surface area contributed by atoms with Crippen LogP contribution < -0.4 is 4.90 Å². The summed E-state index contributed by atoms with van der Waals surface area (Å²) in [5, 5.41) is 7.94. The highest BCUT2D eigenvalue weighted by atomic mass is 35.5. The molecule has 0 saturated heterocycles. The van der Waals surface area contributed by atoms with Gasteiger partial charge in [-0.3, -0.25) is 0 Å². The number of para-hydroxylation sites is 3. The average molecular weight is 613 g/mol. The van der Waals surface area contributed by atoms with E-state index in [2.05, 4.69) is 100 Å². The molecule has 6 aromatic carbocycles. The van der Waals surface area contributed by atoms with Crippen LogP contribution in [0.15, 0.2) is 108 Å². The molecule has 0 bridgehead atoms. The molecule has 220 valence electrons. The largest absolute Gasteiger partial charge is 0.454 e. The molecule has 2 aliphatic carbocycles. The molecule has 0 spiro atoms. The lowest BCUT2D eigenvalue weighted by molar-refractivity contribution is 0.669. The number of nitrogens with zero attached hydrogens (tertiary/aromatic N) is 2. The number of halogens is 1. The fourth-order valence-electron chi connectivity index (χ4n) is 8.93. The predicted molar refractivity (Wildman–Crippen MR) is 192 cm³/mol. The molecule has 0 amide bonds. The number of fused-ring (bicyclic) bond motifs is 11. The van der Waals surface area contributed by atoms with Crippen LogP contribution in [-0.2, 0) is 25.7 Å². The lowest BCUT2D eigenvalue weighted by Gasteiger charge is -2.31. The third kappa shape index (κ3) is 3.23. The second kappa shape index (κ2) is 9.05.